The first kappa shape index (κ1) is 19.9. The predicted molar refractivity (Wildman–Crippen MR) is 116 cm³/mol. The molecule has 2 aromatic heterocycles. The van der Waals surface area contributed by atoms with Crippen molar-refractivity contribution in [2.24, 2.45) is 0 Å². The van der Waals surface area contributed by atoms with E-state index >= 15 is 0 Å². The maximum atomic E-state index is 12.7. The summed E-state index contributed by atoms with van der Waals surface area (Å²) in [7, 11) is 2.04. The number of hydrogen-bond acceptors (Lipinski definition) is 5. The van der Waals surface area contributed by atoms with E-state index in [4.69, 9.17) is 8.83 Å². The molecule has 0 saturated heterocycles. The Balaban J connectivity index is 1.92. The van der Waals surface area contributed by atoms with Crippen molar-refractivity contribution in [3.8, 4) is 16.9 Å². The number of hydrogen-bond donors (Lipinski definition) is 2. The molecule has 4 aromatic rings. The van der Waals surface area contributed by atoms with E-state index < -0.39 is 11.3 Å². The average molecular weight is 406 g/mol. The normalized spacial score (nSPS) is 12.5. The second-order valence-corrected chi connectivity index (χ2v) is 7.64. The molecule has 1 atom stereocenters. The van der Waals surface area contributed by atoms with Gasteiger partial charge in [-0.1, -0.05) is 31.5 Å². The van der Waals surface area contributed by atoms with Crippen LogP contribution >= 0.6 is 0 Å². The number of benzene rings is 2. The van der Waals surface area contributed by atoms with Crippen molar-refractivity contribution in [1.82, 2.24) is 0 Å². The Hall–Kier alpha value is -3.38. The highest BCUT2D eigenvalue weighted by Crippen LogP contribution is 2.32. The van der Waals surface area contributed by atoms with Gasteiger partial charge in [0.05, 0.1) is 24.7 Å². The highest BCUT2D eigenvalue weighted by Gasteiger charge is 2.19. The lowest BCUT2D eigenvalue weighted by Gasteiger charge is -2.16. The molecule has 6 heteroatoms. The summed E-state index contributed by atoms with van der Waals surface area (Å²) in [6, 6.07) is 13.5. The molecule has 0 aliphatic rings. The molecule has 0 radical (unpaired) electrons. The van der Waals surface area contributed by atoms with Gasteiger partial charge in [0.2, 0.25) is 0 Å². The van der Waals surface area contributed by atoms with Gasteiger partial charge in [-0.15, -0.1) is 0 Å². The summed E-state index contributed by atoms with van der Waals surface area (Å²) in [6.45, 7) is 3.56. The molecule has 2 heterocycles. The van der Waals surface area contributed by atoms with Gasteiger partial charge in [0, 0.05) is 22.4 Å². The molecule has 2 N–H and O–H groups in total. The van der Waals surface area contributed by atoms with Gasteiger partial charge in [-0.05, 0) is 30.7 Å². The highest BCUT2D eigenvalue weighted by atomic mass is 16.4. The van der Waals surface area contributed by atoms with E-state index in [1.165, 1.54) is 11.0 Å². The van der Waals surface area contributed by atoms with Gasteiger partial charge in [0.15, 0.2) is 5.58 Å². The van der Waals surface area contributed by atoms with E-state index in [2.05, 4.69) is 6.92 Å². The Morgan fingerprint density at radius 2 is 1.80 bits per heavy atom. The summed E-state index contributed by atoms with van der Waals surface area (Å²) in [4.78, 5) is 26.3. The molecule has 1 unspecified atom stereocenters. The standard InChI is InChI=1S/C24H23NO5/c1-3-4-11-25(2)14-19-20(26)10-9-16-17(13-22(27)30-23(16)19)18-12-15-7-5-6-8-21(15)29-24(18)28/h5-10,12-13,26H,3-4,11,14H2,1-2H3/p+1. The fourth-order valence-electron chi connectivity index (χ4n) is 3.78. The van der Waals surface area contributed by atoms with Gasteiger partial charge in [-0.3, -0.25) is 0 Å². The van der Waals surface area contributed by atoms with Gasteiger partial charge in [-0.2, -0.15) is 0 Å². The molecule has 0 bridgehead atoms. The third-order valence-electron chi connectivity index (χ3n) is 5.36. The SMILES string of the molecule is CCCC[NH+](C)Cc1c(O)ccc2c(-c3cc4ccccc4oc3=O)cc(=O)oc12. The summed E-state index contributed by atoms with van der Waals surface area (Å²) in [6.07, 6.45) is 2.14. The molecule has 0 amide bonds. The zero-order valence-electron chi connectivity index (χ0n) is 17.0. The Bertz CT molecular complexity index is 1340. The van der Waals surface area contributed by atoms with Crippen LogP contribution in [0.1, 0.15) is 25.3 Å². The fourth-order valence-corrected chi connectivity index (χ4v) is 3.78. The molecular weight excluding hydrogens is 382 g/mol. The first-order valence-corrected chi connectivity index (χ1v) is 10.1. The smallest absolute Gasteiger partial charge is 0.344 e. The van der Waals surface area contributed by atoms with Crippen LogP contribution in [0.15, 0.2) is 67.0 Å². The van der Waals surface area contributed by atoms with Crippen LogP contribution in [0.3, 0.4) is 0 Å². The summed E-state index contributed by atoms with van der Waals surface area (Å²) in [5, 5.41) is 11.8. The van der Waals surface area contributed by atoms with Crippen molar-refractivity contribution < 1.29 is 18.8 Å². The summed E-state index contributed by atoms with van der Waals surface area (Å²) >= 11 is 0. The lowest BCUT2D eigenvalue weighted by atomic mass is 9.99. The zero-order chi connectivity index (χ0) is 21.3. The van der Waals surface area contributed by atoms with Crippen molar-refractivity contribution in [3.05, 3.63) is 74.9 Å². The quantitative estimate of drug-likeness (QED) is 0.481. The van der Waals surface area contributed by atoms with E-state index in [0.29, 0.717) is 34.2 Å². The molecular formula is C24H24NO5+. The van der Waals surface area contributed by atoms with Crippen molar-refractivity contribution in [3.63, 3.8) is 0 Å². The summed E-state index contributed by atoms with van der Waals surface area (Å²) in [5.74, 6) is 0.0733. The number of unbranched alkanes of at least 4 members (excludes halogenated alkanes) is 1. The van der Waals surface area contributed by atoms with Crippen LogP contribution in [-0.4, -0.2) is 18.7 Å². The number of phenolic OH excluding ortho intramolecular Hbond substituents is 1. The predicted octanol–water partition coefficient (Wildman–Crippen LogP) is 3.09. The van der Waals surface area contributed by atoms with Crippen LogP contribution in [0.5, 0.6) is 5.75 Å². The maximum absolute atomic E-state index is 12.7. The second-order valence-electron chi connectivity index (χ2n) is 7.64. The Morgan fingerprint density at radius 3 is 2.60 bits per heavy atom. The number of para-hydroxylation sites is 1. The van der Waals surface area contributed by atoms with Crippen LogP contribution < -0.4 is 16.2 Å². The molecule has 0 aliphatic carbocycles. The number of aromatic hydroxyl groups is 1. The molecule has 0 saturated carbocycles. The van der Waals surface area contributed by atoms with Crippen LogP contribution in [0.25, 0.3) is 33.1 Å². The van der Waals surface area contributed by atoms with Gasteiger partial charge in [0.1, 0.15) is 17.9 Å². The largest absolute Gasteiger partial charge is 0.507 e. The number of nitrogens with one attached hydrogen (secondary N) is 1. The topological polar surface area (TPSA) is 85.1 Å². The van der Waals surface area contributed by atoms with Gasteiger partial charge < -0.3 is 18.8 Å². The van der Waals surface area contributed by atoms with E-state index in [0.717, 1.165) is 24.8 Å². The number of rotatable bonds is 6. The maximum Gasteiger partial charge on any atom is 0.344 e. The van der Waals surface area contributed by atoms with Crippen molar-refractivity contribution in [1.29, 1.82) is 0 Å². The minimum atomic E-state index is -0.580. The van der Waals surface area contributed by atoms with Crippen LogP contribution in [0, 0.1) is 0 Å². The van der Waals surface area contributed by atoms with Crippen LogP contribution in [0.4, 0.5) is 0 Å². The van der Waals surface area contributed by atoms with Crippen molar-refractivity contribution in [2.75, 3.05) is 13.6 Å². The lowest BCUT2D eigenvalue weighted by molar-refractivity contribution is -0.893. The average Bonchev–Trinajstić information content (AvgIpc) is 2.73. The number of phenols is 1. The lowest BCUT2D eigenvalue weighted by Crippen LogP contribution is -3.07. The van der Waals surface area contributed by atoms with Crippen molar-refractivity contribution in [2.45, 2.75) is 26.3 Å². The van der Waals surface area contributed by atoms with E-state index in [1.54, 1.807) is 30.3 Å². The minimum absolute atomic E-state index is 0.0733. The van der Waals surface area contributed by atoms with E-state index in [1.807, 2.05) is 19.2 Å². The molecule has 30 heavy (non-hydrogen) atoms. The molecule has 0 aliphatic heterocycles. The Labute approximate surface area is 173 Å². The van der Waals surface area contributed by atoms with Crippen LogP contribution in [-0.2, 0) is 6.54 Å². The van der Waals surface area contributed by atoms with Gasteiger partial charge >= 0.3 is 11.3 Å². The first-order valence-electron chi connectivity index (χ1n) is 10.1. The highest BCUT2D eigenvalue weighted by molar-refractivity contribution is 5.96. The third kappa shape index (κ3) is 3.74. The fraction of sp³-hybridized carbons (Fsp3) is 0.250. The summed E-state index contributed by atoms with van der Waals surface area (Å²) < 4.78 is 11.0. The van der Waals surface area contributed by atoms with Gasteiger partial charge in [-0.25, -0.2) is 9.59 Å². The molecule has 154 valence electrons. The molecule has 2 aromatic carbocycles. The van der Waals surface area contributed by atoms with E-state index in [9.17, 15) is 14.7 Å². The van der Waals surface area contributed by atoms with E-state index in [-0.39, 0.29) is 11.3 Å². The van der Waals surface area contributed by atoms with Gasteiger partial charge in [0.25, 0.3) is 0 Å². The van der Waals surface area contributed by atoms with Crippen molar-refractivity contribution >= 4 is 21.9 Å². The molecule has 4 rings (SSSR count). The minimum Gasteiger partial charge on any atom is -0.507 e. The first-order chi connectivity index (χ1) is 14.5. The number of fused-ring (bicyclic) bond motifs is 2. The third-order valence-corrected chi connectivity index (χ3v) is 5.36. The summed E-state index contributed by atoms with van der Waals surface area (Å²) in [5.41, 5.74) is 0.969. The number of quaternary nitrogens is 1. The van der Waals surface area contributed by atoms with Crippen LogP contribution in [0.2, 0.25) is 0 Å². The molecule has 6 nitrogen and oxygen atoms in total. The zero-order valence-corrected chi connectivity index (χ0v) is 17.0. The Kier molecular flexibility index (Phi) is 5.42. The molecule has 0 spiro atoms. The Morgan fingerprint density at radius 1 is 1.00 bits per heavy atom. The second kappa shape index (κ2) is 8.16. The molecule has 0 fully saturated rings. The monoisotopic (exact) mass is 406 g/mol.